The molecule has 1 amide bonds. The molecular formula is C16H20N3O4+. The van der Waals surface area contributed by atoms with Crippen molar-refractivity contribution >= 4 is 11.6 Å². The summed E-state index contributed by atoms with van der Waals surface area (Å²) in [4.78, 5) is 23.5. The SMILES string of the molecule is C[NH+](C)CCCNC(=O)c1ccc(-c2ccc([N+](=O)[O-])cc2)o1. The summed E-state index contributed by atoms with van der Waals surface area (Å²) in [6, 6.07) is 9.28. The lowest BCUT2D eigenvalue weighted by Gasteiger charge is -2.07. The van der Waals surface area contributed by atoms with Crippen LogP contribution in [0, 0.1) is 10.1 Å². The van der Waals surface area contributed by atoms with Crippen molar-refractivity contribution in [3.8, 4) is 11.3 Å². The third kappa shape index (κ3) is 4.65. The predicted octanol–water partition coefficient (Wildman–Crippen LogP) is 1.12. The van der Waals surface area contributed by atoms with Crippen molar-refractivity contribution in [1.82, 2.24) is 5.32 Å². The number of carbonyl (C=O) groups excluding carboxylic acids is 1. The summed E-state index contributed by atoms with van der Waals surface area (Å²) in [5.74, 6) is 0.477. The van der Waals surface area contributed by atoms with Crippen LogP contribution in [-0.4, -0.2) is 38.0 Å². The Labute approximate surface area is 134 Å². The first-order valence-corrected chi connectivity index (χ1v) is 7.39. The van der Waals surface area contributed by atoms with E-state index in [4.69, 9.17) is 4.42 Å². The topological polar surface area (TPSA) is 89.8 Å². The minimum Gasteiger partial charge on any atom is -0.451 e. The van der Waals surface area contributed by atoms with Gasteiger partial charge in [-0.1, -0.05) is 0 Å². The molecule has 0 radical (unpaired) electrons. The lowest BCUT2D eigenvalue weighted by atomic mass is 10.1. The van der Waals surface area contributed by atoms with Crippen LogP contribution >= 0.6 is 0 Å². The van der Waals surface area contributed by atoms with Crippen LogP contribution in [0.15, 0.2) is 40.8 Å². The number of rotatable bonds is 7. The second-order valence-corrected chi connectivity index (χ2v) is 5.53. The molecule has 1 heterocycles. The average Bonchev–Trinajstić information content (AvgIpc) is 3.01. The monoisotopic (exact) mass is 318 g/mol. The number of carbonyl (C=O) groups is 1. The molecule has 0 fully saturated rings. The maximum absolute atomic E-state index is 12.0. The lowest BCUT2D eigenvalue weighted by Crippen LogP contribution is -3.05. The number of nitrogens with zero attached hydrogens (tertiary/aromatic N) is 1. The van der Waals surface area contributed by atoms with Crippen LogP contribution in [0.4, 0.5) is 5.69 Å². The molecule has 1 aromatic heterocycles. The fraction of sp³-hybridized carbons (Fsp3) is 0.312. The van der Waals surface area contributed by atoms with Gasteiger partial charge in [0.2, 0.25) is 0 Å². The van der Waals surface area contributed by atoms with Crippen LogP contribution in [0.2, 0.25) is 0 Å². The molecule has 1 aromatic carbocycles. The van der Waals surface area contributed by atoms with Crippen LogP contribution in [0.3, 0.4) is 0 Å². The number of benzene rings is 1. The maximum atomic E-state index is 12.0. The molecule has 0 bridgehead atoms. The van der Waals surface area contributed by atoms with E-state index in [0.717, 1.165) is 13.0 Å². The highest BCUT2D eigenvalue weighted by molar-refractivity contribution is 5.92. The Morgan fingerprint density at radius 1 is 1.22 bits per heavy atom. The molecule has 7 heteroatoms. The molecule has 0 aliphatic carbocycles. The number of furan rings is 1. The van der Waals surface area contributed by atoms with Crippen molar-refractivity contribution in [2.45, 2.75) is 6.42 Å². The molecular weight excluding hydrogens is 298 g/mol. The summed E-state index contributed by atoms with van der Waals surface area (Å²) in [5, 5.41) is 13.4. The zero-order chi connectivity index (χ0) is 16.8. The van der Waals surface area contributed by atoms with Gasteiger partial charge in [-0.05, 0) is 24.3 Å². The predicted molar refractivity (Wildman–Crippen MR) is 85.4 cm³/mol. The van der Waals surface area contributed by atoms with Gasteiger partial charge in [0.1, 0.15) is 5.76 Å². The Hall–Kier alpha value is -2.67. The van der Waals surface area contributed by atoms with E-state index in [1.54, 1.807) is 24.3 Å². The molecule has 0 spiro atoms. The zero-order valence-corrected chi connectivity index (χ0v) is 13.2. The highest BCUT2D eigenvalue weighted by atomic mass is 16.6. The first-order chi connectivity index (χ1) is 11.0. The fourth-order valence-corrected chi connectivity index (χ4v) is 2.09. The van der Waals surface area contributed by atoms with Gasteiger partial charge in [0, 0.05) is 30.7 Å². The van der Waals surface area contributed by atoms with Crippen molar-refractivity contribution < 1.29 is 19.0 Å². The molecule has 0 aliphatic rings. The van der Waals surface area contributed by atoms with Crippen LogP contribution in [0.25, 0.3) is 11.3 Å². The van der Waals surface area contributed by atoms with E-state index in [1.807, 2.05) is 0 Å². The number of hydrogen-bond donors (Lipinski definition) is 2. The van der Waals surface area contributed by atoms with Crippen molar-refractivity contribution in [2.75, 3.05) is 27.2 Å². The first-order valence-electron chi connectivity index (χ1n) is 7.39. The number of amides is 1. The number of nitro benzene ring substituents is 1. The summed E-state index contributed by atoms with van der Waals surface area (Å²) >= 11 is 0. The minimum absolute atomic E-state index is 0.0151. The highest BCUT2D eigenvalue weighted by Crippen LogP contribution is 2.24. The van der Waals surface area contributed by atoms with Gasteiger partial charge in [0.25, 0.3) is 11.6 Å². The first kappa shape index (κ1) is 16.7. The van der Waals surface area contributed by atoms with Crippen molar-refractivity contribution in [3.05, 3.63) is 52.3 Å². The summed E-state index contributed by atoms with van der Waals surface area (Å²) < 4.78 is 5.52. The van der Waals surface area contributed by atoms with Crippen LogP contribution < -0.4 is 10.2 Å². The van der Waals surface area contributed by atoms with E-state index in [1.165, 1.54) is 17.0 Å². The summed E-state index contributed by atoms with van der Waals surface area (Å²) in [6.07, 6.45) is 0.893. The number of quaternary nitrogens is 1. The van der Waals surface area contributed by atoms with Gasteiger partial charge < -0.3 is 14.6 Å². The Bertz CT molecular complexity index is 677. The summed E-state index contributed by atoms with van der Waals surface area (Å²) in [6.45, 7) is 1.57. The van der Waals surface area contributed by atoms with Gasteiger partial charge >= 0.3 is 0 Å². The minimum atomic E-state index is -0.458. The van der Waals surface area contributed by atoms with E-state index < -0.39 is 4.92 Å². The molecule has 0 saturated carbocycles. The number of non-ortho nitro benzene ring substituents is 1. The number of nitrogens with one attached hydrogen (secondary N) is 2. The van der Waals surface area contributed by atoms with E-state index in [0.29, 0.717) is 17.9 Å². The average molecular weight is 318 g/mol. The molecule has 7 nitrogen and oxygen atoms in total. The smallest absolute Gasteiger partial charge is 0.287 e. The fourth-order valence-electron chi connectivity index (χ4n) is 2.09. The lowest BCUT2D eigenvalue weighted by molar-refractivity contribution is -0.858. The second-order valence-electron chi connectivity index (χ2n) is 5.53. The Kier molecular flexibility index (Phi) is 5.48. The van der Waals surface area contributed by atoms with Crippen molar-refractivity contribution in [2.24, 2.45) is 0 Å². The normalized spacial score (nSPS) is 10.7. The molecule has 2 rings (SSSR count). The van der Waals surface area contributed by atoms with E-state index in [9.17, 15) is 14.9 Å². The standard InChI is InChI=1S/C16H19N3O4/c1-18(2)11-3-10-17-16(20)15-9-8-14(23-15)12-4-6-13(7-5-12)19(21)22/h4-9H,3,10-11H2,1-2H3,(H,17,20)/p+1. The van der Waals surface area contributed by atoms with E-state index in [-0.39, 0.29) is 17.4 Å². The molecule has 2 N–H and O–H groups in total. The van der Waals surface area contributed by atoms with Gasteiger partial charge in [-0.15, -0.1) is 0 Å². The van der Waals surface area contributed by atoms with E-state index >= 15 is 0 Å². The third-order valence-electron chi connectivity index (χ3n) is 3.33. The molecule has 0 unspecified atom stereocenters. The largest absolute Gasteiger partial charge is 0.451 e. The Morgan fingerprint density at radius 2 is 1.91 bits per heavy atom. The molecule has 0 aliphatic heterocycles. The zero-order valence-electron chi connectivity index (χ0n) is 13.2. The molecule has 0 atom stereocenters. The Morgan fingerprint density at radius 3 is 2.52 bits per heavy atom. The second kappa shape index (κ2) is 7.55. The van der Waals surface area contributed by atoms with Crippen LogP contribution in [0.5, 0.6) is 0 Å². The van der Waals surface area contributed by atoms with Crippen LogP contribution in [-0.2, 0) is 0 Å². The third-order valence-corrected chi connectivity index (χ3v) is 3.33. The van der Waals surface area contributed by atoms with Gasteiger partial charge in [0.15, 0.2) is 5.76 Å². The van der Waals surface area contributed by atoms with Gasteiger partial charge in [-0.25, -0.2) is 0 Å². The number of hydrogen-bond acceptors (Lipinski definition) is 4. The van der Waals surface area contributed by atoms with Crippen molar-refractivity contribution in [1.29, 1.82) is 0 Å². The highest BCUT2D eigenvalue weighted by Gasteiger charge is 2.13. The maximum Gasteiger partial charge on any atom is 0.287 e. The Balaban J connectivity index is 1.97. The van der Waals surface area contributed by atoms with Crippen molar-refractivity contribution in [3.63, 3.8) is 0 Å². The number of nitro groups is 1. The molecule has 0 saturated heterocycles. The molecule has 122 valence electrons. The summed E-state index contributed by atoms with van der Waals surface area (Å²) in [5.41, 5.74) is 0.701. The van der Waals surface area contributed by atoms with E-state index in [2.05, 4.69) is 19.4 Å². The van der Waals surface area contributed by atoms with Crippen LogP contribution in [0.1, 0.15) is 17.0 Å². The van der Waals surface area contributed by atoms with Gasteiger partial charge in [-0.3, -0.25) is 14.9 Å². The van der Waals surface area contributed by atoms with Gasteiger partial charge in [0.05, 0.1) is 25.6 Å². The van der Waals surface area contributed by atoms with Gasteiger partial charge in [-0.2, -0.15) is 0 Å². The quantitative estimate of drug-likeness (QED) is 0.455. The molecule has 23 heavy (non-hydrogen) atoms. The molecule has 2 aromatic rings. The summed E-state index contributed by atoms with van der Waals surface area (Å²) in [7, 11) is 4.12.